The third-order valence-corrected chi connectivity index (χ3v) is 2.40. The summed E-state index contributed by atoms with van der Waals surface area (Å²) in [7, 11) is 0. The zero-order chi connectivity index (χ0) is 10.8. The van der Waals surface area contributed by atoms with Gasteiger partial charge in [0.1, 0.15) is 6.26 Å². The molecule has 1 saturated heterocycles. The molecule has 80 valence electrons. The lowest BCUT2D eigenvalue weighted by molar-refractivity contribution is 0.0762. The van der Waals surface area contributed by atoms with E-state index in [2.05, 4.69) is 4.42 Å². The smallest absolute Gasteiger partial charge is 0.335 e. The largest absolute Gasteiger partial charge is 0.430 e. The summed E-state index contributed by atoms with van der Waals surface area (Å²) in [5.41, 5.74) is -0.142. The van der Waals surface area contributed by atoms with Gasteiger partial charge in [0, 0.05) is 19.2 Å². The van der Waals surface area contributed by atoms with E-state index in [-0.39, 0.29) is 5.91 Å². The number of amides is 1. The Bertz CT molecular complexity index is 405. The Morgan fingerprint density at radius 1 is 1.53 bits per heavy atom. The van der Waals surface area contributed by atoms with Crippen LogP contribution in [0.3, 0.4) is 0 Å². The molecule has 1 aliphatic rings. The van der Waals surface area contributed by atoms with E-state index in [9.17, 15) is 14.7 Å². The standard InChI is InChI=1S/C10H11NO4/c12-8-3-4-11(5-8)10(14)7-1-2-9(13)15-6-7/h1-2,6,8,12H,3-5H2/t8-/m1/s1. The Morgan fingerprint density at radius 3 is 2.87 bits per heavy atom. The van der Waals surface area contributed by atoms with Gasteiger partial charge in [0.15, 0.2) is 0 Å². The van der Waals surface area contributed by atoms with Gasteiger partial charge in [0.05, 0.1) is 11.7 Å². The number of aliphatic hydroxyl groups excluding tert-OH is 1. The van der Waals surface area contributed by atoms with Gasteiger partial charge in [0.25, 0.3) is 5.91 Å². The zero-order valence-corrected chi connectivity index (χ0v) is 8.05. The quantitative estimate of drug-likeness (QED) is 0.698. The molecule has 1 atom stereocenters. The van der Waals surface area contributed by atoms with Crippen molar-refractivity contribution in [3.8, 4) is 0 Å². The van der Waals surface area contributed by atoms with Gasteiger partial charge in [-0.3, -0.25) is 4.79 Å². The van der Waals surface area contributed by atoms with Crippen molar-refractivity contribution in [2.75, 3.05) is 13.1 Å². The number of carbonyl (C=O) groups is 1. The highest BCUT2D eigenvalue weighted by Crippen LogP contribution is 2.12. The topological polar surface area (TPSA) is 70.8 Å². The van der Waals surface area contributed by atoms with Gasteiger partial charge in [0.2, 0.25) is 0 Å². The summed E-state index contributed by atoms with van der Waals surface area (Å²) in [4.78, 5) is 24.0. The fourth-order valence-electron chi connectivity index (χ4n) is 1.59. The Hall–Kier alpha value is -1.62. The maximum Gasteiger partial charge on any atom is 0.335 e. The third-order valence-electron chi connectivity index (χ3n) is 2.40. The molecule has 0 spiro atoms. The lowest BCUT2D eigenvalue weighted by Gasteiger charge is -2.14. The fourth-order valence-corrected chi connectivity index (χ4v) is 1.59. The van der Waals surface area contributed by atoms with Crippen molar-refractivity contribution in [1.82, 2.24) is 4.90 Å². The molecule has 1 aromatic heterocycles. The van der Waals surface area contributed by atoms with Gasteiger partial charge < -0.3 is 14.4 Å². The molecule has 0 bridgehead atoms. The SMILES string of the molecule is O=C(c1ccc(=O)oc1)N1CC[C@@H](O)C1. The monoisotopic (exact) mass is 209 g/mol. The highest BCUT2D eigenvalue weighted by Gasteiger charge is 2.25. The van der Waals surface area contributed by atoms with E-state index >= 15 is 0 Å². The molecule has 5 heteroatoms. The molecule has 2 rings (SSSR count). The van der Waals surface area contributed by atoms with E-state index in [1.54, 1.807) is 4.90 Å². The number of β-amino-alcohol motifs (C(OH)–C–C–N with tert-alkyl or cyclic N) is 1. The van der Waals surface area contributed by atoms with E-state index in [0.717, 1.165) is 6.26 Å². The number of hydrogen-bond donors (Lipinski definition) is 1. The second-order valence-corrected chi connectivity index (χ2v) is 3.54. The van der Waals surface area contributed by atoms with Gasteiger partial charge in [-0.2, -0.15) is 0 Å². The molecular weight excluding hydrogens is 198 g/mol. The average Bonchev–Trinajstić information content (AvgIpc) is 2.65. The molecule has 0 aromatic carbocycles. The van der Waals surface area contributed by atoms with Gasteiger partial charge in [-0.15, -0.1) is 0 Å². The Labute approximate surface area is 85.9 Å². The number of rotatable bonds is 1. The Kier molecular flexibility index (Phi) is 2.55. The summed E-state index contributed by atoms with van der Waals surface area (Å²) >= 11 is 0. The second-order valence-electron chi connectivity index (χ2n) is 3.54. The third kappa shape index (κ3) is 2.07. The summed E-state index contributed by atoms with van der Waals surface area (Å²) in [6, 6.07) is 2.64. The summed E-state index contributed by atoms with van der Waals surface area (Å²) in [6.45, 7) is 0.886. The first-order chi connectivity index (χ1) is 7.16. The molecular formula is C10H11NO4. The molecule has 0 unspecified atom stereocenters. The van der Waals surface area contributed by atoms with Crippen LogP contribution in [-0.2, 0) is 0 Å². The van der Waals surface area contributed by atoms with Gasteiger partial charge in [-0.25, -0.2) is 4.79 Å². The summed E-state index contributed by atoms with van der Waals surface area (Å²) in [5.74, 6) is -0.213. The van der Waals surface area contributed by atoms with Crippen molar-refractivity contribution in [2.24, 2.45) is 0 Å². The fraction of sp³-hybridized carbons (Fsp3) is 0.400. The van der Waals surface area contributed by atoms with Crippen LogP contribution >= 0.6 is 0 Å². The molecule has 0 aliphatic carbocycles. The number of nitrogens with zero attached hydrogens (tertiary/aromatic N) is 1. The summed E-state index contributed by atoms with van der Waals surface area (Å²) in [5, 5.41) is 9.27. The number of hydrogen-bond acceptors (Lipinski definition) is 4. The van der Waals surface area contributed by atoms with Crippen molar-refractivity contribution < 1.29 is 14.3 Å². The van der Waals surface area contributed by atoms with Crippen molar-refractivity contribution in [2.45, 2.75) is 12.5 Å². The normalized spacial score (nSPS) is 20.6. The molecule has 1 N–H and O–H groups in total. The van der Waals surface area contributed by atoms with Crippen LogP contribution in [0.15, 0.2) is 27.6 Å². The minimum atomic E-state index is -0.479. The molecule has 0 radical (unpaired) electrons. The van der Waals surface area contributed by atoms with Crippen LogP contribution in [0.5, 0.6) is 0 Å². The van der Waals surface area contributed by atoms with Crippen LogP contribution in [0.1, 0.15) is 16.8 Å². The van der Waals surface area contributed by atoms with Gasteiger partial charge in [-0.05, 0) is 12.5 Å². The number of carbonyl (C=O) groups excluding carboxylic acids is 1. The summed E-state index contributed by atoms with van der Waals surface area (Å²) in [6.07, 6.45) is 1.31. The van der Waals surface area contributed by atoms with E-state index in [1.807, 2.05) is 0 Å². The summed E-state index contributed by atoms with van der Waals surface area (Å²) < 4.78 is 4.60. The zero-order valence-electron chi connectivity index (χ0n) is 8.05. The molecule has 1 fully saturated rings. The maximum atomic E-state index is 11.8. The first-order valence-electron chi connectivity index (χ1n) is 4.73. The Balaban J connectivity index is 2.14. The maximum absolute atomic E-state index is 11.8. The second kappa shape index (κ2) is 3.86. The van der Waals surface area contributed by atoms with Crippen LogP contribution in [0.25, 0.3) is 0 Å². The van der Waals surface area contributed by atoms with E-state index in [4.69, 9.17) is 0 Å². The van der Waals surface area contributed by atoms with Gasteiger partial charge in [-0.1, -0.05) is 0 Å². The number of aliphatic hydroxyl groups is 1. The first-order valence-corrected chi connectivity index (χ1v) is 4.73. The van der Waals surface area contributed by atoms with Crippen molar-refractivity contribution in [1.29, 1.82) is 0 Å². The predicted octanol–water partition coefficient (Wildman–Crippen LogP) is -0.153. The Morgan fingerprint density at radius 2 is 2.33 bits per heavy atom. The predicted molar refractivity (Wildman–Crippen MR) is 51.5 cm³/mol. The highest BCUT2D eigenvalue weighted by atomic mass is 16.4. The molecule has 2 heterocycles. The lowest BCUT2D eigenvalue weighted by atomic mass is 10.2. The molecule has 15 heavy (non-hydrogen) atoms. The molecule has 1 aliphatic heterocycles. The van der Waals surface area contributed by atoms with Crippen molar-refractivity contribution in [3.63, 3.8) is 0 Å². The van der Waals surface area contributed by atoms with Crippen molar-refractivity contribution >= 4 is 5.91 Å². The van der Waals surface area contributed by atoms with Gasteiger partial charge >= 0.3 is 5.63 Å². The average molecular weight is 209 g/mol. The molecule has 1 amide bonds. The van der Waals surface area contributed by atoms with E-state index in [1.165, 1.54) is 12.1 Å². The van der Waals surface area contributed by atoms with Crippen LogP contribution in [-0.4, -0.2) is 35.1 Å². The van der Waals surface area contributed by atoms with Crippen LogP contribution < -0.4 is 5.63 Å². The number of likely N-dealkylation sites (tertiary alicyclic amines) is 1. The molecule has 5 nitrogen and oxygen atoms in total. The van der Waals surface area contributed by atoms with E-state index in [0.29, 0.717) is 25.1 Å². The van der Waals surface area contributed by atoms with Crippen molar-refractivity contribution in [3.05, 3.63) is 34.4 Å². The minimum absolute atomic E-state index is 0.213. The molecule has 1 aromatic rings. The first kappa shape index (κ1) is 9.92. The van der Waals surface area contributed by atoms with Crippen LogP contribution in [0.4, 0.5) is 0 Å². The van der Waals surface area contributed by atoms with E-state index < -0.39 is 11.7 Å². The lowest BCUT2D eigenvalue weighted by Crippen LogP contribution is -2.29. The highest BCUT2D eigenvalue weighted by molar-refractivity contribution is 5.93. The van der Waals surface area contributed by atoms with Crippen LogP contribution in [0.2, 0.25) is 0 Å². The molecule has 0 saturated carbocycles. The minimum Gasteiger partial charge on any atom is -0.430 e. The van der Waals surface area contributed by atoms with Crippen LogP contribution in [0, 0.1) is 0 Å².